The van der Waals surface area contributed by atoms with Crippen molar-refractivity contribution in [3.8, 4) is 0 Å². The van der Waals surface area contributed by atoms with Crippen LogP contribution < -0.4 is 5.69 Å². The first-order valence-electron chi connectivity index (χ1n) is 6.42. The smallest absolute Gasteiger partial charge is 0.306 e. The molecule has 1 heterocycles. The SMILES string of the molecule is Cc1ccc(CC(=O)c2ccc3[nH]c(=O)[nH]c3c2)cc1. The molecule has 0 fully saturated rings. The van der Waals surface area contributed by atoms with Gasteiger partial charge in [0.2, 0.25) is 0 Å². The summed E-state index contributed by atoms with van der Waals surface area (Å²) in [6.07, 6.45) is 0.362. The normalized spacial score (nSPS) is 10.8. The zero-order chi connectivity index (χ0) is 14.1. The second-order valence-electron chi connectivity index (χ2n) is 4.93. The van der Waals surface area contributed by atoms with Crippen LogP contribution in [0.4, 0.5) is 0 Å². The van der Waals surface area contributed by atoms with Gasteiger partial charge in [0, 0.05) is 12.0 Å². The second kappa shape index (κ2) is 4.81. The van der Waals surface area contributed by atoms with E-state index in [1.54, 1.807) is 18.2 Å². The predicted octanol–water partition coefficient (Wildman–Crippen LogP) is 2.59. The minimum absolute atomic E-state index is 0.0396. The number of Topliss-reactive ketones (excluding diaryl/α,β-unsaturated/α-hetero) is 1. The Morgan fingerprint density at radius 3 is 2.45 bits per heavy atom. The highest BCUT2D eigenvalue weighted by molar-refractivity contribution is 6.00. The van der Waals surface area contributed by atoms with Crippen LogP contribution in [0.2, 0.25) is 0 Å². The third-order valence-electron chi connectivity index (χ3n) is 3.32. The number of carbonyl (C=O) groups is 1. The van der Waals surface area contributed by atoms with Crippen LogP contribution in [0.5, 0.6) is 0 Å². The Labute approximate surface area is 115 Å². The van der Waals surface area contributed by atoms with Crippen LogP contribution in [0, 0.1) is 6.92 Å². The summed E-state index contributed by atoms with van der Waals surface area (Å²) in [5.41, 5.74) is 3.87. The number of aryl methyl sites for hydroxylation is 1. The van der Waals surface area contributed by atoms with Gasteiger partial charge in [0.1, 0.15) is 0 Å². The van der Waals surface area contributed by atoms with Crippen molar-refractivity contribution in [2.75, 3.05) is 0 Å². The molecule has 3 aromatic rings. The summed E-state index contributed by atoms with van der Waals surface area (Å²) in [5, 5.41) is 0. The summed E-state index contributed by atoms with van der Waals surface area (Å²) in [6.45, 7) is 2.02. The molecule has 0 spiro atoms. The van der Waals surface area contributed by atoms with Gasteiger partial charge in [-0.05, 0) is 30.7 Å². The first-order valence-corrected chi connectivity index (χ1v) is 6.42. The maximum Gasteiger partial charge on any atom is 0.323 e. The highest BCUT2D eigenvalue weighted by atomic mass is 16.1. The van der Waals surface area contributed by atoms with E-state index in [4.69, 9.17) is 0 Å². The summed E-state index contributed by atoms with van der Waals surface area (Å²) in [7, 11) is 0. The van der Waals surface area contributed by atoms with Crippen molar-refractivity contribution < 1.29 is 4.79 Å². The number of hydrogen-bond acceptors (Lipinski definition) is 2. The highest BCUT2D eigenvalue weighted by Crippen LogP contribution is 2.13. The summed E-state index contributed by atoms with van der Waals surface area (Å²) < 4.78 is 0. The van der Waals surface area contributed by atoms with E-state index in [-0.39, 0.29) is 11.5 Å². The van der Waals surface area contributed by atoms with E-state index in [2.05, 4.69) is 9.97 Å². The minimum atomic E-state index is -0.261. The molecule has 20 heavy (non-hydrogen) atoms. The number of nitrogens with one attached hydrogen (secondary N) is 2. The van der Waals surface area contributed by atoms with Crippen molar-refractivity contribution in [2.45, 2.75) is 13.3 Å². The Morgan fingerprint density at radius 2 is 1.70 bits per heavy atom. The Kier molecular flexibility index (Phi) is 2.99. The third kappa shape index (κ3) is 2.40. The van der Waals surface area contributed by atoms with Crippen LogP contribution in [-0.4, -0.2) is 15.8 Å². The summed E-state index contributed by atoms with van der Waals surface area (Å²) in [5.74, 6) is 0.0396. The molecular weight excluding hydrogens is 252 g/mol. The number of rotatable bonds is 3. The van der Waals surface area contributed by atoms with Crippen LogP contribution in [0.3, 0.4) is 0 Å². The van der Waals surface area contributed by atoms with Crippen LogP contribution >= 0.6 is 0 Å². The molecule has 0 bridgehead atoms. The number of imidazole rings is 1. The fourth-order valence-electron chi connectivity index (χ4n) is 2.20. The third-order valence-corrected chi connectivity index (χ3v) is 3.32. The fraction of sp³-hybridized carbons (Fsp3) is 0.125. The Morgan fingerprint density at radius 1 is 1.00 bits per heavy atom. The van der Waals surface area contributed by atoms with Crippen LogP contribution in [-0.2, 0) is 6.42 Å². The van der Waals surface area contributed by atoms with E-state index in [9.17, 15) is 9.59 Å². The first-order chi connectivity index (χ1) is 9.61. The van der Waals surface area contributed by atoms with Gasteiger partial charge < -0.3 is 9.97 Å². The lowest BCUT2D eigenvalue weighted by atomic mass is 10.0. The molecule has 4 nitrogen and oxygen atoms in total. The number of aromatic amines is 2. The number of H-pyrrole nitrogens is 2. The van der Waals surface area contributed by atoms with Crippen molar-refractivity contribution in [3.05, 3.63) is 69.6 Å². The fourth-order valence-corrected chi connectivity index (χ4v) is 2.20. The first kappa shape index (κ1) is 12.4. The van der Waals surface area contributed by atoms with Crippen LogP contribution in [0.15, 0.2) is 47.3 Å². The second-order valence-corrected chi connectivity index (χ2v) is 4.93. The zero-order valence-electron chi connectivity index (χ0n) is 11.1. The molecule has 1 aromatic heterocycles. The number of fused-ring (bicyclic) bond motifs is 1. The van der Waals surface area contributed by atoms with Crippen molar-refractivity contribution in [3.63, 3.8) is 0 Å². The summed E-state index contributed by atoms with van der Waals surface area (Å²) in [6, 6.07) is 13.1. The molecule has 0 saturated carbocycles. The lowest BCUT2D eigenvalue weighted by Crippen LogP contribution is -2.03. The van der Waals surface area contributed by atoms with Crippen molar-refractivity contribution in [1.82, 2.24) is 9.97 Å². The van der Waals surface area contributed by atoms with Gasteiger partial charge in [-0.3, -0.25) is 4.79 Å². The highest BCUT2D eigenvalue weighted by Gasteiger charge is 2.09. The maximum absolute atomic E-state index is 12.2. The molecule has 0 aliphatic heterocycles. The van der Waals surface area contributed by atoms with Gasteiger partial charge in [0.15, 0.2) is 5.78 Å². The Balaban J connectivity index is 1.88. The molecule has 3 rings (SSSR count). The molecule has 4 heteroatoms. The summed E-state index contributed by atoms with van der Waals surface area (Å²) >= 11 is 0. The van der Waals surface area contributed by atoms with E-state index >= 15 is 0 Å². The Hall–Kier alpha value is -2.62. The molecule has 0 aliphatic carbocycles. The minimum Gasteiger partial charge on any atom is -0.306 e. The number of ketones is 1. The van der Waals surface area contributed by atoms with Crippen molar-refractivity contribution in [1.29, 1.82) is 0 Å². The molecule has 0 atom stereocenters. The average Bonchev–Trinajstić information content (AvgIpc) is 2.80. The Bertz CT molecular complexity index is 826. The van der Waals surface area contributed by atoms with Gasteiger partial charge in [-0.1, -0.05) is 29.8 Å². The van der Waals surface area contributed by atoms with Crippen molar-refractivity contribution in [2.24, 2.45) is 0 Å². The average molecular weight is 266 g/mol. The van der Waals surface area contributed by atoms with E-state index in [1.165, 1.54) is 5.56 Å². The van der Waals surface area contributed by atoms with Gasteiger partial charge >= 0.3 is 5.69 Å². The molecule has 0 aliphatic rings. The standard InChI is InChI=1S/C16H14N2O2/c1-10-2-4-11(5-3-10)8-15(19)12-6-7-13-14(9-12)18-16(20)17-13/h2-7,9H,8H2,1H3,(H2,17,18,20). The van der Waals surface area contributed by atoms with Crippen LogP contribution in [0.1, 0.15) is 21.5 Å². The lowest BCUT2D eigenvalue weighted by Gasteiger charge is -2.02. The van der Waals surface area contributed by atoms with Gasteiger partial charge in [0.25, 0.3) is 0 Å². The number of carbonyl (C=O) groups excluding carboxylic acids is 1. The predicted molar refractivity (Wildman–Crippen MR) is 78.1 cm³/mol. The summed E-state index contributed by atoms with van der Waals surface area (Å²) in [4.78, 5) is 28.8. The van der Waals surface area contributed by atoms with Gasteiger partial charge in [-0.15, -0.1) is 0 Å². The van der Waals surface area contributed by atoms with E-state index in [0.717, 1.165) is 5.56 Å². The quantitative estimate of drug-likeness (QED) is 0.715. The van der Waals surface area contributed by atoms with Gasteiger partial charge in [-0.25, -0.2) is 4.79 Å². The number of benzene rings is 2. The number of hydrogen-bond donors (Lipinski definition) is 2. The maximum atomic E-state index is 12.2. The molecule has 2 aromatic carbocycles. The van der Waals surface area contributed by atoms with Crippen LogP contribution in [0.25, 0.3) is 11.0 Å². The largest absolute Gasteiger partial charge is 0.323 e. The molecule has 0 radical (unpaired) electrons. The van der Waals surface area contributed by atoms with E-state index in [0.29, 0.717) is 23.0 Å². The molecule has 0 amide bonds. The molecule has 2 N–H and O–H groups in total. The zero-order valence-corrected chi connectivity index (χ0v) is 11.1. The number of aromatic nitrogens is 2. The monoisotopic (exact) mass is 266 g/mol. The van der Waals surface area contributed by atoms with E-state index in [1.807, 2.05) is 31.2 Å². The molecule has 0 saturated heterocycles. The lowest BCUT2D eigenvalue weighted by molar-refractivity contribution is 0.0993. The van der Waals surface area contributed by atoms with E-state index < -0.39 is 0 Å². The topological polar surface area (TPSA) is 65.7 Å². The van der Waals surface area contributed by atoms with Gasteiger partial charge in [-0.2, -0.15) is 0 Å². The molecular formula is C16H14N2O2. The molecule has 100 valence electrons. The molecule has 0 unspecified atom stereocenters. The van der Waals surface area contributed by atoms with Crippen molar-refractivity contribution >= 4 is 16.8 Å². The van der Waals surface area contributed by atoms with Gasteiger partial charge in [0.05, 0.1) is 11.0 Å².